The first kappa shape index (κ1) is 35.0. The Labute approximate surface area is 281 Å². The summed E-state index contributed by atoms with van der Waals surface area (Å²) in [6, 6.07) is 6.66. The normalized spacial score (nSPS) is 21.0. The van der Waals surface area contributed by atoms with E-state index in [1.807, 2.05) is 32.8 Å². The zero-order valence-electron chi connectivity index (χ0n) is 28.2. The third-order valence-corrected chi connectivity index (χ3v) is 10.3. The molecule has 2 aliphatic carbocycles. The molecular weight excluding hydrogens is 612 g/mol. The molecule has 258 valence electrons. The van der Waals surface area contributed by atoms with E-state index in [9.17, 15) is 15.0 Å². The van der Waals surface area contributed by atoms with Gasteiger partial charge in [-0.3, -0.25) is 4.79 Å². The van der Waals surface area contributed by atoms with E-state index in [4.69, 9.17) is 14.4 Å². The number of fused-ring (bicyclic) bond motifs is 1. The molecule has 0 radical (unpaired) electrons. The Morgan fingerprint density at radius 1 is 1.10 bits per heavy atom. The molecule has 3 aromatic rings. The minimum atomic E-state index is -0.444. The van der Waals surface area contributed by atoms with Gasteiger partial charge in [-0.1, -0.05) is 38.2 Å². The molecule has 2 saturated carbocycles. The van der Waals surface area contributed by atoms with Crippen LogP contribution in [0.1, 0.15) is 87.4 Å². The molecule has 7 rings (SSSR count). The summed E-state index contributed by atoms with van der Waals surface area (Å²) < 4.78 is 8.25. The second-order valence-electron chi connectivity index (χ2n) is 13.8. The highest BCUT2D eigenvalue weighted by Crippen LogP contribution is 2.58. The summed E-state index contributed by atoms with van der Waals surface area (Å²) in [4.78, 5) is 25.3. The number of carbonyl (C=O) groups is 2. The van der Waals surface area contributed by atoms with Gasteiger partial charge < -0.3 is 39.0 Å². The predicted molar refractivity (Wildman–Crippen MR) is 184 cm³/mol. The number of amides is 1. The number of allylic oxidation sites excluding steroid dienone is 3. The molecule has 0 aromatic carbocycles. The summed E-state index contributed by atoms with van der Waals surface area (Å²) >= 11 is 0. The fourth-order valence-corrected chi connectivity index (χ4v) is 7.81. The third kappa shape index (κ3) is 6.43. The van der Waals surface area contributed by atoms with Crippen molar-refractivity contribution in [2.75, 3.05) is 38.2 Å². The molecule has 2 atom stereocenters. The van der Waals surface area contributed by atoms with Gasteiger partial charge in [-0.05, 0) is 62.7 Å². The number of hydrogen-bond acceptors (Lipinski definition) is 10. The van der Waals surface area contributed by atoms with E-state index < -0.39 is 12.0 Å². The molecule has 2 unspecified atom stereocenters. The van der Waals surface area contributed by atoms with Gasteiger partial charge in [-0.2, -0.15) is 0 Å². The molecule has 4 aliphatic rings. The predicted octanol–water partition coefficient (Wildman–Crippen LogP) is 4.93. The quantitative estimate of drug-likeness (QED) is 0.212. The number of likely N-dealkylation sites (tertiary alicyclic amines) is 1. The molecule has 0 bridgehead atoms. The summed E-state index contributed by atoms with van der Waals surface area (Å²) in [5.74, 6) is 1.48. The fourth-order valence-electron chi connectivity index (χ4n) is 7.81. The van der Waals surface area contributed by atoms with Crippen molar-refractivity contribution in [1.82, 2.24) is 24.8 Å². The third-order valence-electron chi connectivity index (χ3n) is 10.3. The van der Waals surface area contributed by atoms with E-state index in [0.717, 1.165) is 62.7 Å². The lowest BCUT2D eigenvalue weighted by Gasteiger charge is -2.59. The number of anilines is 1. The molecule has 2 saturated heterocycles. The molecule has 2 aliphatic heterocycles. The Kier molecular flexibility index (Phi) is 10.5. The second-order valence-corrected chi connectivity index (χ2v) is 13.8. The van der Waals surface area contributed by atoms with Gasteiger partial charge in [-0.25, -0.2) is 0 Å². The summed E-state index contributed by atoms with van der Waals surface area (Å²) in [5, 5.41) is 40.4. The number of aliphatic hydroxyl groups excluding tert-OH is 3. The maximum atomic E-state index is 13.3. The van der Waals surface area contributed by atoms with Crippen LogP contribution in [0.25, 0.3) is 16.6 Å². The SMILES string of the molecule is C=C/C=C(\C(=C)O)c1cc2c(cc(C3CC4(C3)CN(c3cc(C(C(=O)N5CCC(O)C5)C(C)C)on3)C4)n2C2CCC2)nn1.C=O.CO. The number of nitrogens with zero attached hydrogens (tertiary/aromatic N) is 6. The topological polar surface area (TPSA) is 158 Å². The lowest BCUT2D eigenvalue weighted by atomic mass is 9.57. The summed E-state index contributed by atoms with van der Waals surface area (Å²) in [5.41, 5.74) is 4.68. The number of β-amino-alcohol motifs (C(OH)–C–C–N with tert-alkyl or cyclic N) is 1. The minimum absolute atomic E-state index is 0.00840. The highest BCUT2D eigenvalue weighted by molar-refractivity contribution is 5.84. The van der Waals surface area contributed by atoms with Gasteiger partial charge in [-0.15, -0.1) is 10.2 Å². The van der Waals surface area contributed by atoms with Crippen LogP contribution in [0.5, 0.6) is 0 Å². The number of aromatic nitrogens is 4. The fraction of sp³-hybridized carbons (Fsp3) is 0.528. The number of aliphatic hydroxyl groups is 3. The Hall–Kier alpha value is -4.29. The molecule has 1 spiro atoms. The zero-order valence-corrected chi connectivity index (χ0v) is 28.2. The molecular formula is C36H48N6O6. The van der Waals surface area contributed by atoms with E-state index in [1.165, 1.54) is 12.1 Å². The highest BCUT2D eigenvalue weighted by Gasteiger charge is 2.54. The van der Waals surface area contributed by atoms with Crippen LogP contribution in [-0.2, 0) is 9.59 Å². The molecule has 12 heteroatoms. The molecule has 48 heavy (non-hydrogen) atoms. The monoisotopic (exact) mass is 660 g/mol. The zero-order chi connectivity index (χ0) is 34.7. The van der Waals surface area contributed by atoms with Crippen molar-refractivity contribution in [3.8, 4) is 0 Å². The van der Waals surface area contributed by atoms with E-state index >= 15 is 0 Å². The van der Waals surface area contributed by atoms with Gasteiger partial charge in [0.1, 0.15) is 24.0 Å². The first-order chi connectivity index (χ1) is 23.2. The molecule has 3 aromatic heterocycles. The summed E-state index contributed by atoms with van der Waals surface area (Å²) in [7, 11) is 1.00. The van der Waals surface area contributed by atoms with Crippen molar-refractivity contribution >= 4 is 35.1 Å². The van der Waals surface area contributed by atoms with Crippen LogP contribution in [0.3, 0.4) is 0 Å². The highest BCUT2D eigenvalue weighted by atomic mass is 16.5. The second kappa shape index (κ2) is 14.4. The van der Waals surface area contributed by atoms with Crippen molar-refractivity contribution in [3.63, 3.8) is 0 Å². The Morgan fingerprint density at radius 3 is 2.38 bits per heavy atom. The van der Waals surface area contributed by atoms with Crippen molar-refractivity contribution in [2.45, 2.75) is 76.4 Å². The molecule has 3 N–H and O–H groups in total. The number of carbonyl (C=O) groups excluding carboxylic acids is 2. The van der Waals surface area contributed by atoms with Crippen molar-refractivity contribution in [3.05, 3.63) is 66.4 Å². The number of rotatable bonds is 9. The first-order valence-electron chi connectivity index (χ1n) is 16.7. The van der Waals surface area contributed by atoms with E-state index in [2.05, 4.69) is 44.0 Å². The molecule has 5 heterocycles. The smallest absolute Gasteiger partial charge is 0.233 e. The lowest BCUT2D eigenvalue weighted by Crippen LogP contribution is -2.62. The van der Waals surface area contributed by atoms with Gasteiger partial charge in [0, 0.05) is 68.0 Å². The summed E-state index contributed by atoms with van der Waals surface area (Å²) in [6.45, 7) is 16.3. The number of hydrogen-bond donors (Lipinski definition) is 3. The van der Waals surface area contributed by atoms with Crippen LogP contribution >= 0.6 is 0 Å². The van der Waals surface area contributed by atoms with Gasteiger partial charge >= 0.3 is 0 Å². The van der Waals surface area contributed by atoms with Crippen LogP contribution in [0.15, 0.2) is 53.8 Å². The maximum Gasteiger partial charge on any atom is 0.233 e. The van der Waals surface area contributed by atoms with E-state index in [1.54, 1.807) is 17.1 Å². The van der Waals surface area contributed by atoms with Crippen molar-refractivity contribution in [1.29, 1.82) is 0 Å². The largest absolute Gasteiger partial charge is 0.508 e. The lowest BCUT2D eigenvalue weighted by molar-refractivity contribution is -0.133. The van der Waals surface area contributed by atoms with Gasteiger partial charge in [0.25, 0.3) is 0 Å². The Balaban J connectivity index is 0.00000109. The van der Waals surface area contributed by atoms with Crippen LogP contribution in [-0.4, -0.2) is 92.2 Å². The minimum Gasteiger partial charge on any atom is -0.508 e. The van der Waals surface area contributed by atoms with Gasteiger partial charge in [0.15, 0.2) is 11.6 Å². The van der Waals surface area contributed by atoms with Crippen molar-refractivity contribution < 1.29 is 29.4 Å². The Bertz CT molecular complexity index is 1660. The van der Waals surface area contributed by atoms with Crippen LogP contribution in [0.2, 0.25) is 0 Å². The molecule has 4 fully saturated rings. The van der Waals surface area contributed by atoms with E-state index in [0.29, 0.717) is 48.5 Å². The van der Waals surface area contributed by atoms with Gasteiger partial charge in [0.05, 0.1) is 17.3 Å². The Morgan fingerprint density at radius 2 is 1.81 bits per heavy atom. The average Bonchev–Trinajstić information content (AvgIpc) is 3.75. The van der Waals surface area contributed by atoms with Crippen LogP contribution in [0.4, 0.5) is 5.82 Å². The maximum absolute atomic E-state index is 13.3. The standard InChI is InChI=1S/C34H42N6O4.CH4O.CH2O/c1-5-7-25(21(4)41)26-12-29-27(36-35-26)13-28(40(29)23-8-6-9-23)22-15-34(16-22)18-39(19-34)31-14-30(44-37-31)32(20(2)3)33(43)38-11-10-24(42)17-38;2*1-2/h5,7,12-14,20,22-24,32,41-42H,1,4,6,8-11,15-19H2,2-3H3;2H,1H3;1H2/b25-7+;;. The van der Waals surface area contributed by atoms with E-state index in [-0.39, 0.29) is 23.0 Å². The first-order valence-corrected chi connectivity index (χ1v) is 16.7. The molecule has 1 amide bonds. The molecule has 12 nitrogen and oxygen atoms in total. The average molecular weight is 661 g/mol. The summed E-state index contributed by atoms with van der Waals surface area (Å²) in [6.07, 6.45) is 9.29. The van der Waals surface area contributed by atoms with Crippen LogP contribution < -0.4 is 4.90 Å². The van der Waals surface area contributed by atoms with Gasteiger partial charge in [0.2, 0.25) is 5.91 Å². The van der Waals surface area contributed by atoms with Crippen LogP contribution in [0, 0.1) is 11.3 Å². The van der Waals surface area contributed by atoms with Crippen molar-refractivity contribution in [2.24, 2.45) is 11.3 Å².